The number of allylic oxidation sites excluding steroid dienone is 1. The van der Waals surface area contributed by atoms with Gasteiger partial charge < -0.3 is 14.9 Å². The molecule has 3 aliphatic rings. The van der Waals surface area contributed by atoms with Crippen molar-refractivity contribution in [2.75, 3.05) is 0 Å². The number of aliphatic imine (C=N–C) groups is 1. The Kier molecular flexibility index (Phi) is 7.31. The van der Waals surface area contributed by atoms with E-state index in [1.165, 1.54) is 11.8 Å². The van der Waals surface area contributed by atoms with Crippen molar-refractivity contribution >= 4 is 52.0 Å². The van der Waals surface area contributed by atoms with Gasteiger partial charge in [0.2, 0.25) is 0 Å². The number of nitrogens with zero attached hydrogens (tertiary/aromatic N) is 3. The standard InChI is InChI=1S/C29H31Cl2N3O3S/c1-5-21-14-15-22(27(36)37)33(21)26(35)24-23(16(2)3)34-25(17-6-10-19(30)11-7-17)29(4,32-28(34)38-24)18-8-12-20(31)13-9-18/h6-13,16,21-22,25H,5,14-15H2,1-4H3,(H,36,37)/t21-,22?,25-,29+/m1/s1. The van der Waals surface area contributed by atoms with Gasteiger partial charge in [0.1, 0.15) is 16.5 Å². The number of amidine groups is 1. The molecule has 9 heteroatoms. The largest absolute Gasteiger partial charge is 0.480 e. The molecule has 1 fully saturated rings. The third-order valence-electron chi connectivity index (χ3n) is 7.86. The van der Waals surface area contributed by atoms with E-state index >= 15 is 0 Å². The molecule has 1 N–H and O–H groups in total. The molecule has 1 amide bonds. The molecule has 6 nitrogen and oxygen atoms in total. The van der Waals surface area contributed by atoms with Gasteiger partial charge in [0.05, 0.1) is 6.04 Å². The SMILES string of the molecule is CC[C@@H]1CCC(C(=O)O)N1C(=O)C1=C(C(C)C)N2C(=N[C@@](C)(c3ccc(Cl)cc3)[C@H]2c2ccc(Cl)cc2)S1. The maximum atomic E-state index is 14.1. The fraction of sp³-hybridized carbons (Fsp3) is 0.414. The van der Waals surface area contributed by atoms with E-state index in [0.29, 0.717) is 27.8 Å². The van der Waals surface area contributed by atoms with E-state index in [4.69, 9.17) is 28.2 Å². The number of aliphatic carboxylic acids is 1. The zero-order chi connectivity index (χ0) is 27.4. The third kappa shape index (κ3) is 4.42. The van der Waals surface area contributed by atoms with Crippen molar-refractivity contribution in [1.82, 2.24) is 9.80 Å². The number of fused-ring (bicyclic) bond motifs is 1. The number of benzene rings is 2. The summed E-state index contributed by atoms with van der Waals surface area (Å²) in [4.78, 5) is 35.8. The molecule has 0 spiro atoms. The smallest absolute Gasteiger partial charge is 0.326 e. The summed E-state index contributed by atoms with van der Waals surface area (Å²) in [6, 6.07) is 14.4. The average Bonchev–Trinajstić information content (AvgIpc) is 3.54. The zero-order valence-electron chi connectivity index (χ0n) is 21.8. The number of thioether (sulfide) groups is 1. The van der Waals surface area contributed by atoms with Crippen LogP contribution in [0, 0.1) is 5.92 Å². The molecule has 3 aliphatic heterocycles. The summed E-state index contributed by atoms with van der Waals surface area (Å²) in [5.41, 5.74) is 2.26. The van der Waals surface area contributed by atoms with Crippen molar-refractivity contribution in [3.05, 3.63) is 80.3 Å². The van der Waals surface area contributed by atoms with E-state index in [0.717, 1.165) is 28.4 Å². The predicted octanol–water partition coefficient (Wildman–Crippen LogP) is 7.09. The average molecular weight is 573 g/mol. The van der Waals surface area contributed by atoms with Crippen LogP contribution < -0.4 is 0 Å². The lowest BCUT2D eigenvalue weighted by Crippen LogP contribution is -2.45. The molecule has 200 valence electrons. The van der Waals surface area contributed by atoms with E-state index in [9.17, 15) is 14.7 Å². The Morgan fingerprint density at radius 3 is 2.24 bits per heavy atom. The molecular weight excluding hydrogens is 541 g/mol. The van der Waals surface area contributed by atoms with Gasteiger partial charge in [-0.1, -0.05) is 68.2 Å². The molecule has 2 aromatic rings. The van der Waals surface area contributed by atoms with Gasteiger partial charge in [-0.2, -0.15) is 0 Å². The topological polar surface area (TPSA) is 73.2 Å². The van der Waals surface area contributed by atoms with Crippen LogP contribution in [0.15, 0.2) is 64.1 Å². The Balaban J connectivity index is 1.64. The highest BCUT2D eigenvalue weighted by Crippen LogP contribution is 2.56. The van der Waals surface area contributed by atoms with Crippen LogP contribution in [0.2, 0.25) is 10.0 Å². The number of carboxylic acids is 1. The first-order valence-corrected chi connectivity index (χ1v) is 14.5. The van der Waals surface area contributed by atoms with Gasteiger partial charge in [-0.05, 0) is 79.3 Å². The molecule has 38 heavy (non-hydrogen) atoms. The summed E-state index contributed by atoms with van der Waals surface area (Å²) in [6.07, 6.45) is 1.89. The van der Waals surface area contributed by atoms with Crippen LogP contribution >= 0.6 is 35.0 Å². The van der Waals surface area contributed by atoms with Crippen molar-refractivity contribution in [3.63, 3.8) is 0 Å². The third-order valence-corrected chi connectivity index (χ3v) is 9.42. The van der Waals surface area contributed by atoms with Gasteiger partial charge in [0.15, 0.2) is 5.17 Å². The van der Waals surface area contributed by atoms with Gasteiger partial charge in [-0.25, -0.2) is 9.79 Å². The van der Waals surface area contributed by atoms with Crippen molar-refractivity contribution in [3.8, 4) is 0 Å². The molecule has 0 radical (unpaired) electrons. The monoisotopic (exact) mass is 571 g/mol. The van der Waals surface area contributed by atoms with Crippen LogP contribution in [0.4, 0.5) is 0 Å². The first-order chi connectivity index (χ1) is 18.1. The van der Waals surface area contributed by atoms with E-state index < -0.39 is 17.6 Å². The maximum Gasteiger partial charge on any atom is 0.326 e. The van der Waals surface area contributed by atoms with Crippen LogP contribution in [0.1, 0.15) is 64.1 Å². The Morgan fingerprint density at radius 2 is 1.68 bits per heavy atom. The predicted molar refractivity (Wildman–Crippen MR) is 153 cm³/mol. The Morgan fingerprint density at radius 1 is 1.08 bits per heavy atom. The number of halogens is 2. The van der Waals surface area contributed by atoms with Crippen molar-refractivity contribution in [2.24, 2.45) is 10.9 Å². The summed E-state index contributed by atoms with van der Waals surface area (Å²) >= 11 is 13.8. The van der Waals surface area contributed by atoms with Gasteiger partial charge in [-0.3, -0.25) is 4.79 Å². The Hall–Kier alpha value is -2.48. The summed E-state index contributed by atoms with van der Waals surface area (Å²) in [5.74, 6) is -1.16. The molecule has 1 unspecified atom stereocenters. The molecule has 0 aliphatic carbocycles. The Labute approximate surface area is 237 Å². The molecule has 4 atom stereocenters. The van der Waals surface area contributed by atoms with Crippen LogP contribution in [-0.2, 0) is 15.1 Å². The normalized spacial score (nSPS) is 26.8. The van der Waals surface area contributed by atoms with Gasteiger partial charge in [0, 0.05) is 21.8 Å². The number of carbonyl (C=O) groups is 2. The quantitative estimate of drug-likeness (QED) is 0.400. The lowest BCUT2D eigenvalue weighted by atomic mass is 9.81. The summed E-state index contributed by atoms with van der Waals surface area (Å²) in [7, 11) is 0. The van der Waals surface area contributed by atoms with Crippen molar-refractivity contribution in [1.29, 1.82) is 0 Å². The second-order valence-electron chi connectivity index (χ2n) is 10.5. The van der Waals surface area contributed by atoms with E-state index in [2.05, 4.69) is 25.7 Å². The number of likely N-dealkylation sites (tertiary alicyclic amines) is 1. The van der Waals surface area contributed by atoms with Gasteiger partial charge >= 0.3 is 5.97 Å². The number of amides is 1. The number of hydrogen-bond donors (Lipinski definition) is 1. The second kappa shape index (κ2) is 10.2. The van der Waals surface area contributed by atoms with Crippen molar-refractivity contribution in [2.45, 2.75) is 70.6 Å². The highest BCUT2D eigenvalue weighted by atomic mass is 35.5. The minimum absolute atomic E-state index is 0.00229. The molecule has 2 aromatic carbocycles. The minimum atomic E-state index is -0.948. The van der Waals surface area contributed by atoms with Crippen LogP contribution in [0.25, 0.3) is 0 Å². The van der Waals surface area contributed by atoms with E-state index in [1.807, 2.05) is 55.5 Å². The highest BCUT2D eigenvalue weighted by Gasteiger charge is 2.54. The van der Waals surface area contributed by atoms with Crippen molar-refractivity contribution < 1.29 is 14.7 Å². The van der Waals surface area contributed by atoms with E-state index in [1.54, 1.807) is 4.90 Å². The molecule has 5 rings (SSSR count). The number of carbonyl (C=O) groups excluding carboxylic acids is 1. The second-order valence-corrected chi connectivity index (χ2v) is 12.4. The number of carboxylic acid groups (broad SMARTS) is 1. The first kappa shape index (κ1) is 27.1. The Bertz CT molecular complexity index is 1330. The lowest BCUT2D eigenvalue weighted by Gasteiger charge is -2.37. The summed E-state index contributed by atoms with van der Waals surface area (Å²) < 4.78 is 0. The van der Waals surface area contributed by atoms with Crippen LogP contribution in [0.5, 0.6) is 0 Å². The molecule has 1 saturated heterocycles. The summed E-state index contributed by atoms with van der Waals surface area (Å²) in [6.45, 7) is 8.25. The highest BCUT2D eigenvalue weighted by molar-refractivity contribution is 8.18. The zero-order valence-corrected chi connectivity index (χ0v) is 24.1. The molecule has 0 saturated carbocycles. The van der Waals surface area contributed by atoms with Crippen LogP contribution in [-0.4, -0.2) is 44.0 Å². The minimum Gasteiger partial charge on any atom is -0.480 e. The van der Waals surface area contributed by atoms with Gasteiger partial charge in [0.25, 0.3) is 5.91 Å². The lowest BCUT2D eigenvalue weighted by molar-refractivity contribution is -0.148. The fourth-order valence-electron chi connectivity index (χ4n) is 6.02. The van der Waals surface area contributed by atoms with Crippen LogP contribution in [0.3, 0.4) is 0 Å². The fourth-order valence-corrected chi connectivity index (χ4v) is 7.62. The number of hydrogen-bond acceptors (Lipinski definition) is 5. The first-order valence-electron chi connectivity index (χ1n) is 12.9. The van der Waals surface area contributed by atoms with Gasteiger partial charge in [-0.15, -0.1) is 0 Å². The molecule has 3 heterocycles. The number of rotatable bonds is 6. The molecular formula is C29H31Cl2N3O3S. The van der Waals surface area contributed by atoms with E-state index in [-0.39, 0.29) is 23.9 Å². The molecule has 0 bridgehead atoms. The summed E-state index contributed by atoms with van der Waals surface area (Å²) in [5, 5.41) is 11.9. The maximum absolute atomic E-state index is 14.1. The molecule has 0 aromatic heterocycles.